The van der Waals surface area contributed by atoms with Crippen LogP contribution in [0.1, 0.15) is 59.3 Å². The summed E-state index contributed by atoms with van der Waals surface area (Å²) in [4.78, 5) is 15.2. The molecular weight excluding hydrogens is 252 g/mol. The first-order chi connectivity index (χ1) is 9.53. The van der Waals surface area contributed by atoms with Crippen LogP contribution in [0, 0.1) is 5.92 Å². The van der Waals surface area contributed by atoms with E-state index < -0.39 is 0 Å². The van der Waals surface area contributed by atoms with Crippen molar-refractivity contribution >= 4 is 5.91 Å². The van der Waals surface area contributed by atoms with Crippen LogP contribution >= 0.6 is 0 Å². The highest BCUT2D eigenvalue weighted by Crippen LogP contribution is 2.40. The maximum Gasteiger partial charge on any atom is 0.244 e. The van der Waals surface area contributed by atoms with Gasteiger partial charge in [0.1, 0.15) is 0 Å². The van der Waals surface area contributed by atoms with Crippen molar-refractivity contribution in [3.63, 3.8) is 0 Å². The molecule has 0 bridgehead atoms. The molecule has 2 aliphatic heterocycles. The van der Waals surface area contributed by atoms with Gasteiger partial charge in [0.05, 0.1) is 23.9 Å². The lowest BCUT2D eigenvalue weighted by atomic mass is 9.97. The second kappa shape index (κ2) is 5.30. The zero-order chi connectivity index (χ0) is 14.3. The summed E-state index contributed by atoms with van der Waals surface area (Å²) in [6.45, 7) is 7.37. The molecule has 0 aromatic rings. The number of ether oxygens (including phenoxy) is 1. The minimum Gasteiger partial charge on any atom is -0.376 e. The normalized spacial score (nSPS) is 36.7. The summed E-state index contributed by atoms with van der Waals surface area (Å²) in [6.07, 6.45) is 6.78. The van der Waals surface area contributed by atoms with Crippen molar-refractivity contribution < 1.29 is 9.53 Å². The van der Waals surface area contributed by atoms with Crippen LogP contribution in [0.2, 0.25) is 0 Å². The van der Waals surface area contributed by atoms with Gasteiger partial charge in [0.15, 0.2) is 0 Å². The van der Waals surface area contributed by atoms with Gasteiger partial charge in [-0.15, -0.1) is 0 Å². The maximum atomic E-state index is 13.1. The summed E-state index contributed by atoms with van der Waals surface area (Å²) in [7, 11) is 0. The maximum absolute atomic E-state index is 13.1. The Morgan fingerprint density at radius 3 is 2.65 bits per heavy atom. The Morgan fingerprint density at radius 1 is 1.40 bits per heavy atom. The highest BCUT2D eigenvalue weighted by Gasteiger charge is 2.55. The first-order valence-corrected chi connectivity index (χ1v) is 8.25. The zero-order valence-corrected chi connectivity index (χ0v) is 13.0. The molecule has 3 fully saturated rings. The summed E-state index contributed by atoms with van der Waals surface area (Å²) in [5.41, 5.74) is -0.248. The van der Waals surface area contributed by atoms with E-state index >= 15 is 0 Å². The second-order valence-electron chi connectivity index (χ2n) is 7.22. The summed E-state index contributed by atoms with van der Waals surface area (Å²) >= 11 is 0. The van der Waals surface area contributed by atoms with Crippen LogP contribution in [0.15, 0.2) is 0 Å². The van der Waals surface area contributed by atoms with Gasteiger partial charge < -0.3 is 9.64 Å². The number of nitrogens with zero attached hydrogens (tertiary/aromatic N) is 1. The molecule has 20 heavy (non-hydrogen) atoms. The molecule has 1 N–H and O–H groups in total. The van der Waals surface area contributed by atoms with Gasteiger partial charge in [-0.1, -0.05) is 26.7 Å². The molecule has 3 rings (SSSR count). The third-order valence-corrected chi connectivity index (χ3v) is 5.27. The monoisotopic (exact) mass is 280 g/mol. The first kappa shape index (κ1) is 14.3. The van der Waals surface area contributed by atoms with E-state index in [2.05, 4.69) is 31.0 Å². The molecule has 0 radical (unpaired) electrons. The largest absolute Gasteiger partial charge is 0.376 e. The van der Waals surface area contributed by atoms with Crippen LogP contribution in [-0.2, 0) is 9.53 Å². The van der Waals surface area contributed by atoms with E-state index in [0.717, 1.165) is 32.3 Å². The number of nitrogens with one attached hydrogen (secondary N) is 1. The van der Waals surface area contributed by atoms with Gasteiger partial charge in [0, 0.05) is 6.61 Å². The van der Waals surface area contributed by atoms with E-state index in [4.69, 9.17) is 4.74 Å². The number of hydrogen-bond donors (Lipinski definition) is 1. The van der Waals surface area contributed by atoms with E-state index in [0.29, 0.717) is 11.8 Å². The van der Waals surface area contributed by atoms with E-state index in [-0.39, 0.29) is 23.9 Å². The average Bonchev–Trinajstić information content (AvgIpc) is 3.04. The molecule has 0 aromatic heterocycles. The van der Waals surface area contributed by atoms with Crippen molar-refractivity contribution in [1.29, 1.82) is 0 Å². The summed E-state index contributed by atoms with van der Waals surface area (Å²) in [5.74, 6) is 0.944. The molecule has 2 saturated heterocycles. The fourth-order valence-corrected chi connectivity index (χ4v) is 4.26. The predicted octanol–water partition coefficient (Wildman–Crippen LogP) is 2.28. The minimum atomic E-state index is -0.248. The molecule has 1 spiro atoms. The molecule has 3 atom stereocenters. The summed E-state index contributed by atoms with van der Waals surface area (Å²) in [6, 6.07) is 0.263. The van der Waals surface area contributed by atoms with Gasteiger partial charge in [-0.05, 0) is 38.5 Å². The highest BCUT2D eigenvalue weighted by atomic mass is 16.5. The fraction of sp³-hybridized carbons (Fsp3) is 0.938. The van der Waals surface area contributed by atoms with Gasteiger partial charge in [0.25, 0.3) is 0 Å². The fourth-order valence-electron chi connectivity index (χ4n) is 4.26. The van der Waals surface area contributed by atoms with Crippen molar-refractivity contribution in [3.05, 3.63) is 0 Å². The summed E-state index contributed by atoms with van der Waals surface area (Å²) in [5, 5.41) is 3.72. The van der Waals surface area contributed by atoms with Crippen molar-refractivity contribution in [2.24, 2.45) is 5.92 Å². The number of carbonyl (C=O) groups is 1. The number of rotatable bonds is 3. The molecule has 0 aromatic carbocycles. The Bertz CT molecular complexity index is 377. The van der Waals surface area contributed by atoms with Crippen LogP contribution in [-0.4, -0.2) is 41.3 Å². The van der Waals surface area contributed by atoms with E-state index in [1.807, 2.05) is 0 Å². The third kappa shape index (κ3) is 2.27. The topological polar surface area (TPSA) is 41.6 Å². The van der Waals surface area contributed by atoms with Gasteiger partial charge in [-0.2, -0.15) is 0 Å². The standard InChI is InChI=1S/C16H28N2O2/c1-11(2)10-14-17-16(7-4-5-8-16)15(19)18(14)13-6-9-20-12(13)3/h11-14,17H,4-10H2,1-3H3. The first-order valence-electron chi connectivity index (χ1n) is 8.25. The van der Waals surface area contributed by atoms with Gasteiger partial charge in [0.2, 0.25) is 5.91 Å². The quantitative estimate of drug-likeness (QED) is 0.862. The molecule has 1 saturated carbocycles. The lowest BCUT2D eigenvalue weighted by Gasteiger charge is -2.32. The Labute approximate surface area is 122 Å². The molecular formula is C16H28N2O2. The van der Waals surface area contributed by atoms with Crippen LogP contribution in [0.25, 0.3) is 0 Å². The number of hydrogen-bond acceptors (Lipinski definition) is 3. The highest BCUT2D eigenvalue weighted by molar-refractivity contribution is 5.89. The molecule has 2 heterocycles. The number of amides is 1. The minimum absolute atomic E-state index is 0.173. The van der Waals surface area contributed by atoms with Crippen molar-refractivity contribution in [1.82, 2.24) is 10.2 Å². The Hall–Kier alpha value is -0.610. The molecule has 3 aliphatic rings. The van der Waals surface area contributed by atoms with Crippen LogP contribution in [0.3, 0.4) is 0 Å². The lowest BCUT2D eigenvalue weighted by molar-refractivity contribution is -0.136. The molecule has 4 nitrogen and oxygen atoms in total. The Morgan fingerprint density at radius 2 is 2.10 bits per heavy atom. The van der Waals surface area contributed by atoms with Crippen molar-refractivity contribution in [3.8, 4) is 0 Å². The van der Waals surface area contributed by atoms with Crippen LogP contribution in [0.4, 0.5) is 0 Å². The third-order valence-electron chi connectivity index (χ3n) is 5.27. The molecule has 1 amide bonds. The molecule has 4 heteroatoms. The average molecular weight is 280 g/mol. The predicted molar refractivity (Wildman–Crippen MR) is 78.2 cm³/mol. The van der Waals surface area contributed by atoms with Crippen LogP contribution < -0.4 is 5.32 Å². The smallest absolute Gasteiger partial charge is 0.244 e. The Balaban J connectivity index is 1.85. The zero-order valence-electron chi connectivity index (χ0n) is 13.0. The van der Waals surface area contributed by atoms with Crippen LogP contribution in [0.5, 0.6) is 0 Å². The molecule has 3 unspecified atom stereocenters. The SMILES string of the molecule is CC(C)CC1NC2(CCCC2)C(=O)N1C1CCOC1C. The van der Waals surface area contributed by atoms with Crippen molar-refractivity contribution in [2.75, 3.05) is 6.61 Å². The van der Waals surface area contributed by atoms with Gasteiger partial charge >= 0.3 is 0 Å². The summed E-state index contributed by atoms with van der Waals surface area (Å²) < 4.78 is 5.71. The molecule has 114 valence electrons. The van der Waals surface area contributed by atoms with Gasteiger partial charge in [-0.25, -0.2) is 0 Å². The molecule has 1 aliphatic carbocycles. The van der Waals surface area contributed by atoms with Gasteiger partial charge in [-0.3, -0.25) is 10.1 Å². The van der Waals surface area contributed by atoms with E-state index in [1.54, 1.807) is 0 Å². The van der Waals surface area contributed by atoms with E-state index in [9.17, 15) is 4.79 Å². The van der Waals surface area contributed by atoms with Crippen molar-refractivity contribution in [2.45, 2.75) is 83.1 Å². The Kier molecular flexibility index (Phi) is 3.80. The lowest BCUT2D eigenvalue weighted by Crippen LogP contribution is -2.48. The second-order valence-corrected chi connectivity index (χ2v) is 7.22. The van der Waals surface area contributed by atoms with E-state index in [1.165, 1.54) is 12.8 Å². The number of carbonyl (C=O) groups excluding carboxylic acids is 1.